The standard InChI is InChI=1S/C42H86N4O2S2/c1-5-7-9-11-13-15-17-19-21-23-25-27-35-45(3)37-29-31-41(47)43-33-39-49-50-40-34-44-42(48)32-30-38-46(4)36-28-26-24-22-20-18-16-14-12-10-8-6-2/h5-40H2,1-4H3,(H,43,47)(H,44,48)/p+2. The Morgan fingerprint density at radius 3 is 0.960 bits per heavy atom. The maximum Gasteiger partial charge on any atom is 0.220 e. The number of quaternary nitrogens is 2. The predicted octanol–water partition coefficient (Wildman–Crippen LogP) is 8.59. The largest absolute Gasteiger partial charge is 0.355 e. The Labute approximate surface area is 320 Å². The average molecular weight is 745 g/mol. The lowest BCUT2D eigenvalue weighted by molar-refractivity contribution is -0.880. The summed E-state index contributed by atoms with van der Waals surface area (Å²) in [7, 11) is 8.10. The van der Waals surface area contributed by atoms with Crippen molar-refractivity contribution in [3.05, 3.63) is 0 Å². The Kier molecular flexibility index (Phi) is 41.0. The first-order chi connectivity index (χ1) is 24.5. The van der Waals surface area contributed by atoms with Gasteiger partial charge in [0.2, 0.25) is 11.8 Å². The second kappa shape index (κ2) is 41.3. The molecule has 2 atom stereocenters. The number of carbonyl (C=O) groups is 2. The van der Waals surface area contributed by atoms with Gasteiger partial charge in [-0.15, -0.1) is 0 Å². The van der Waals surface area contributed by atoms with Gasteiger partial charge >= 0.3 is 0 Å². The Morgan fingerprint density at radius 2 is 0.660 bits per heavy atom. The van der Waals surface area contributed by atoms with Crippen molar-refractivity contribution in [2.24, 2.45) is 0 Å². The van der Waals surface area contributed by atoms with Crippen LogP contribution < -0.4 is 20.4 Å². The van der Waals surface area contributed by atoms with Gasteiger partial charge in [-0.3, -0.25) is 9.59 Å². The third-order valence-corrected chi connectivity index (χ3v) is 12.4. The highest BCUT2D eigenvalue weighted by atomic mass is 33.1. The summed E-state index contributed by atoms with van der Waals surface area (Å²) in [4.78, 5) is 27.5. The maximum atomic E-state index is 12.2. The van der Waals surface area contributed by atoms with Gasteiger partial charge in [0.15, 0.2) is 0 Å². The highest BCUT2D eigenvalue weighted by Gasteiger charge is 2.07. The average Bonchev–Trinajstić information content (AvgIpc) is 3.10. The molecule has 8 heteroatoms. The summed E-state index contributed by atoms with van der Waals surface area (Å²) < 4.78 is 0. The molecule has 0 radical (unpaired) electrons. The molecule has 298 valence electrons. The van der Waals surface area contributed by atoms with Gasteiger partial charge in [0.25, 0.3) is 0 Å². The Bertz CT molecular complexity index is 657. The maximum absolute atomic E-state index is 12.2. The van der Waals surface area contributed by atoms with Crippen LogP contribution in [0.1, 0.15) is 194 Å². The molecule has 2 unspecified atom stereocenters. The van der Waals surface area contributed by atoms with Crippen LogP contribution in [0.4, 0.5) is 0 Å². The number of rotatable bonds is 41. The first-order valence-corrected chi connectivity index (χ1v) is 24.4. The van der Waals surface area contributed by atoms with Crippen LogP contribution in [0.3, 0.4) is 0 Å². The first-order valence-electron chi connectivity index (χ1n) is 21.9. The van der Waals surface area contributed by atoms with E-state index >= 15 is 0 Å². The fourth-order valence-electron chi connectivity index (χ4n) is 6.65. The van der Waals surface area contributed by atoms with Gasteiger partial charge in [-0.05, 0) is 25.7 Å². The molecule has 0 aromatic heterocycles. The second-order valence-electron chi connectivity index (χ2n) is 15.2. The Balaban J connectivity index is 3.40. The molecule has 0 fully saturated rings. The second-order valence-corrected chi connectivity index (χ2v) is 17.9. The molecule has 2 amide bonds. The number of hydrogen-bond acceptors (Lipinski definition) is 4. The van der Waals surface area contributed by atoms with Crippen LogP contribution in [0.5, 0.6) is 0 Å². The van der Waals surface area contributed by atoms with E-state index in [1.165, 1.54) is 167 Å². The highest BCUT2D eigenvalue weighted by molar-refractivity contribution is 8.76. The Hall–Kier alpha value is -0.440. The fraction of sp³-hybridized carbons (Fsp3) is 0.952. The summed E-state index contributed by atoms with van der Waals surface area (Å²) in [5, 5.41) is 6.14. The Morgan fingerprint density at radius 1 is 0.400 bits per heavy atom. The van der Waals surface area contributed by atoms with Crippen molar-refractivity contribution in [2.75, 3.05) is 64.9 Å². The molecule has 0 aliphatic heterocycles. The van der Waals surface area contributed by atoms with E-state index in [1.807, 2.05) is 0 Å². The number of carbonyl (C=O) groups excluding carboxylic acids is 2. The van der Waals surface area contributed by atoms with E-state index in [9.17, 15) is 9.59 Å². The summed E-state index contributed by atoms with van der Waals surface area (Å²) in [6.45, 7) is 10.6. The van der Waals surface area contributed by atoms with E-state index in [4.69, 9.17) is 0 Å². The van der Waals surface area contributed by atoms with Gasteiger partial charge in [-0.2, -0.15) is 0 Å². The van der Waals surface area contributed by atoms with Crippen molar-refractivity contribution in [2.45, 2.75) is 194 Å². The van der Waals surface area contributed by atoms with Gasteiger partial charge < -0.3 is 20.4 Å². The van der Waals surface area contributed by atoms with Crippen molar-refractivity contribution in [3.63, 3.8) is 0 Å². The van der Waals surface area contributed by atoms with Crippen LogP contribution in [0.15, 0.2) is 0 Å². The number of amides is 2. The van der Waals surface area contributed by atoms with E-state index in [1.54, 1.807) is 31.4 Å². The number of unbranched alkanes of at least 4 members (excludes halogenated alkanes) is 22. The molecule has 6 nitrogen and oxygen atoms in total. The van der Waals surface area contributed by atoms with Gasteiger partial charge in [0, 0.05) is 50.3 Å². The minimum Gasteiger partial charge on any atom is -0.355 e. The van der Waals surface area contributed by atoms with Crippen molar-refractivity contribution in [3.8, 4) is 0 Å². The number of hydrogen-bond donors (Lipinski definition) is 4. The molecule has 0 spiro atoms. The van der Waals surface area contributed by atoms with Crippen molar-refractivity contribution in [1.82, 2.24) is 10.6 Å². The quantitative estimate of drug-likeness (QED) is 0.0374. The minimum atomic E-state index is 0.183. The van der Waals surface area contributed by atoms with Crippen LogP contribution >= 0.6 is 21.6 Å². The van der Waals surface area contributed by atoms with Crippen molar-refractivity contribution >= 4 is 33.4 Å². The molecule has 50 heavy (non-hydrogen) atoms. The molecule has 0 aliphatic rings. The van der Waals surface area contributed by atoms with Crippen LogP contribution in [-0.2, 0) is 9.59 Å². The molecule has 0 heterocycles. The predicted molar refractivity (Wildman–Crippen MR) is 225 cm³/mol. The molecular weight excluding hydrogens is 657 g/mol. The number of nitrogens with one attached hydrogen (secondary N) is 4. The van der Waals surface area contributed by atoms with Gasteiger partial charge in [-0.1, -0.05) is 164 Å². The lowest BCUT2D eigenvalue weighted by Gasteiger charge is -2.14. The molecule has 0 rings (SSSR count). The molecule has 4 N–H and O–H groups in total. The monoisotopic (exact) mass is 745 g/mol. The van der Waals surface area contributed by atoms with Gasteiger partial charge in [0.1, 0.15) is 0 Å². The van der Waals surface area contributed by atoms with E-state index in [0.717, 1.165) is 50.5 Å². The van der Waals surface area contributed by atoms with Crippen molar-refractivity contribution < 1.29 is 19.4 Å². The fourth-order valence-corrected chi connectivity index (χ4v) is 8.46. The molecule has 0 aromatic carbocycles. The van der Waals surface area contributed by atoms with Crippen LogP contribution in [0.2, 0.25) is 0 Å². The first kappa shape index (κ1) is 49.6. The van der Waals surface area contributed by atoms with Crippen LogP contribution in [0, 0.1) is 0 Å². The summed E-state index contributed by atoms with van der Waals surface area (Å²) in [5.41, 5.74) is 0. The third kappa shape index (κ3) is 40.3. The normalized spacial score (nSPS) is 12.6. The van der Waals surface area contributed by atoms with Crippen molar-refractivity contribution in [1.29, 1.82) is 0 Å². The smallest absolute Gasteiger partial charge is 0.220 e. The molecule has 0 saturated carbocycles. The summed E-state index contributed by atoms with van der Waals surface area (Å²) in [6, 6.07) is 0. The summed E-state index contributed by atoms with van der Waals surface area (Å²) >= 11 is 0. The minimum absolute atomic E-state index is 0.183. The third-order valence-electron chi connectivity index (χ3n) is 10.0. The summed E-state index contributed by atoms with van der Waals surface area (Å²) in [6.07, 6.45) is 36.8. The van der Waals surface area contributed by atoms with Crippen LogP contribution in [-0.4, -0.2) is 76.7 Å². The summed E-state index contributed by atoms with van der Waals surface area (Å²) in [5.74, 6) is 2.18. The zero-order valence-electron chi connectivity index (χ0n) is 34.1. The van der Waals surface area contributed by atoms with E-state index in [2.05, 4.69) is 38.6 Å². The van der Waals surface area contributed by atoms with E-state index in [0.29, 0.717) is 12.8 Å². The zero-order valence-corrected chi connectivity index (χ0v) is 35.7. The van der Waals surface area contributed by atoms with E-state index in [-0.39, 0.29) is 11.8 Å². The van der Waals surface area contributed by atoms with E-state index < -0.39 is 0 Å². The van der Waals surface area contributed by atoms with Gasteiger partial charge in [0.05, 0.1) is 40.3 Å². The topological polar surface area (TPSA) is 67.1 Å². The lowest BCUT2D eigenvalue weighted by atomic mass is 10.1. The molecule has 0 aliphatic carbocycles. The molecule has 0 aromatic rings. The zero-order chi connectivity index (χ0) is 36.6. The van der Waals surface area contributed by atoms with Gasteiger partial charge in [-0.25, -0.2) is 0 Å². The lowest BCUT2D eigenvalue weighted by Crippen LogP contribution is -3.09. The molecule has 0 bridgehead atoms. The molecular formula is C42H88N4O2S2+2. The molecule has 0 saturated heterocycles. The highest BCUT2D eigenvalue weighted by Crippen LogP contribution is 2.19. The van der Waals surface area contributed by atoms with Crippen LogP contribution in [0.25, 0.3) is 0 Å². The SMILES string of the molecule is CCCCCCCCCCCCCC[NH+](C)CCCC(=O)NCCSSCCNC(=O)CCC[NH+](C)CCCCCCCCCCCCCC.